The second-order valence-corrected chi connectivity index (χ2v) is 6.39. The van der Waals surface area contributed by atoms with Crippen molar-refractivity contribution in [3.63, 3.8) is 0 Å². The van der Waals surface area contributed by atoms with Crippen LogP contribution in [0.5, 0.6) is 0 Å². The first-order chi connectivity index (χ1) is 9.56. The van der Waals surface area contributed by atoms with Gasteiger partial charge in [0.25, 0.3) is 5.91 Å². The van der Waals surface area contributed by atoms with Crippen molar-refractivity contribution in [3.05, 3.63) is 23.8 Å². The molecule has 1 amide bonds. The minimum atomic E-state index is 0.00551. The molecule has 108 valence electrons. The molecule has 20 heavy (non-hydrogen) atoms. The number of carbonyl (C=O) groups is 1. The Bertz CT molecular complexity index is 495. The first-order valence-electron chi connectivity index (χ1n) is 7.43. The normalized spacial score (nSPS) is 26.3. The van der Waals surface area contributed by atoms with Gasteiger partial charge in [0.2, 0.25) is 0 Å². The van der Waals surface area contributed by atoms with E-state index in [-0.39, 0.29) is 11.9 Å². The smallest absolute Gasteiger partial charge is 0.257 e. The van der Waals surface area contributed by atoms with Gasteiger partial charge in [0, 0.05) is 37.4 Å². The number of amides is 1. The molecule has 2 atom stereocenters. The minimum absolute atomic E-state index is 0.00551. The Labute approximate surface area is 119 Å². The third kappa shape index (κ3) is 2.54. The number of nitrogens with zero attached hydrogens (tertiary/aromatic N) is 3. The van der Waals surface area contributed by atoms with Crippen LogP contribution in [0.25, 0.3) is 0 Å². The van der Waals surface area contributed by atoms with E-state index in [1.807, 2.05) is 4.90 Å². The number of aromatic nitrogens is 2. The van der Waals surface area contributed by atoms with Crippen LogP contribution >= 0.6 is 0 Å². The van der Waals surface area contributed by atoms with Crippen molar-refractivity contribution in [1.29, 1.82) is 0 Å². The lowest BCUT2D eigenvalue weighted by Crippen LogP contribution is -2.33. The van der Waals surface area contributed by atoms with Crippen LogP contribution in [-0.2, 0) is 0 Å². The number of rotatable bonds is 3. The molecule has 2 aliphatic rings. The highest BCUT2D eigenvalue weighted by molar-refractivity contribution is 5.93. The fourth-order valence-corrected chi connectivity index (χ4v) is 2.91. The number of nitrogens with two attached hydrogens (primary N) is 1. The molecule has 1 aromatic rings. The Morgan fingerprint density at radius 2 is 1.95 bits per heavy atom. The summed E-state index contributed by atoms with van der Waals surface area (Å²) in [6.45, 7) is 5.69. The average molecular weight is 274 g/mol. The fraction of sp³-hybridized carbons (Fsp3) is 0.667. The molecule has 2 fully saturated rings. The second-order valence-electron chi connectivity index (χ2n) is 6.39. The van der Waals surface area contributed by atoms with Crippen LogP contribution in [0.15, 0.2) is 12.4 Å². The number of carbonyl (C=O) groups excluding carboxylic acids is 1. The Kier molecular flexibility index (Phi) is 3.46. The highest BCUT2D eigenvalue weighted by Gasteiger charge is 2.35. The molecule has 3 rings (SSSR count). The molecule has 2 heterocycles. The van der Waals surface area contributed by atoms with E-state index in [1.54, 1.807) is 12.4 Å². The zero-order valence-corrected chi connectivity index (χ0v) is 12.1. The van der Waals surface area contributed by atoms with E-state index in [2.05, 4.69) is 23.8 Å². The third-order valence-corrected chi connectivity index (χ3v) is 4.42. The zero-order chi connectivity index (χ0) is 14.3. The Morgan fingerprint density at radius 1 is 1.30 bits per heavy atom. The van der Waals surface area contributed by atoms with E-state index in [0.717, 1.165) is 12.4 Å². The Hall–Kier alpha value is -1.49. The maximum absolute atomic E-state index is 12.4. The lowest BCUT2D eigenvalue weighted by Gasteiger charge is -2.18. The molecule has 0 aromatic carbocycles. The summed E-state index contributed by atoms with van der Waals surface area (Å²) in [5.41, 5.74) is 6.71. The molecule has 1 aliphatic heterocycles. The molecule has 5 nitrogen and oxygen atoms in total. The lowest BCUT2D eigenvalue weighted by atomic mass is 9.92. The van der Waals surface area contributed by atoms with Gasteiger partial charge in [0.1, 0.15) is 5.82 Å². The van der Waals surface area contributed by atoms with E-state index >= 15 is 0 Å². The van der Waals surface area contributed by atoms with Gasteiger partial charge in [-0.05, 0) is 24.7 Å². The molecule has 2 N–H and O–H groups in total. The van der Waals surface area contributed by atoms with Gasteiger partial charge in [-0.25, -0.2) is 9.97 Å². The summed E-state index contributed by atoms with van der Waals surface area (Å²) in [6.07, 6.45) is 5.67. The lowest BCUT2D eigenvalue weighted by molar-refractivity contribution is 0.0782. The maximum atomic E-state index is 12.4. The predicted molar refractivity (Wildman–Crippen MR) is 76.2 cm³/mol. The fourth-order valence-electron chi connectivity index (χ4n) is 2.91. The Morgan fingerprint density at radius 3 is 2.45 bits per heavy atom. The summed E-state index contributed by atoms with van der Waals surface area (Å²) in [7, 11) is 0. The van der Waals surface area contributed by atoms with Gasteiger partial charge in [-0.15, -0.1) is 0 Å². The van der Waals surface area contributed by atoms with Gasteiger partial charge in [-0.2, -0.15) is 0 Å². The van der Waals surface area contributed by atoms with Gasteiger partial charge < -0.3 is 10.6 Å². The molecule has 0 unspecified atom stereocenters. The van der Waals surface area contributed by atoms with Crippen molar-refractivity contribution < 1.29 is 4.79 Å². The van der Waals surface area contributed by atoms with Gasteiger partial charge >= 0.3 is 0 Å². The monoisotopic (exact) mass is 274 g/mol. The Balaban J connectivity index is 1.69. The summed E-state index contributed by atoms with van der Waals surface area (Å²) >= 11 is 0. The summed E-state index contributed by atoms with van der Waals surface area (Å²) in [5.74, 6) is 2.28. The molecule has 1 saturated heterocycles. The van der Waals surface area contributed by atoms with Crippen molar-refractivity contribution in [2.75, 3.05) is 13.1 Å². The van der Waals surface area contributed by atoms with Crippen molar-refractivity contribution in [2.45, 2.75) is 38.6 Å². The van der Waals surface area contributed by atoms with E-state index in [1.165, 1.54) is 12.8 Å². The number of likely N-dealkylation sites (tertiary alicyclic amines) is 1. The van der Waals surface area contributed by atoms with Crippen LogP contribution in [0.1, 0.15) is 48.8 Å². The van der Waals surface area contributed by atoms with E-state index < -0.39 is 0 Å². The molecule has 5 heteroatoms. The second kappa shape index (κ2) is 5.13. The molecule has 1 saturated carbocycles. The van der Waals surface area contributed by atoms with Crippen LogP contribution in [-0.4, -0.2) is 39.9 Å². The summed E-state index contributed by atoms with van der Waals surface area (Å²) in [6, 6.07) is 0.0746. The molecule has 0 spiro atoms. The number of hydrogen-bond donors (Lipinski definition) is 1. The first-order valence-corrected chi connectivity index (χ1v) is 7.43. The molecule has 0 bridgehead atoms. The van der Waals surface area contributed by atoms with Crippen molar-refractivity contribution >= 4 is 5.91 Å². The van der Waals surface area contributed by atoms with Crippen LogP contribution in [0.3, 0.4) is 0 Å². The molecular weight excluding hydrogens is 252 g/mol. The van der Waals surface area contributed by atoms with Crippen molar-refractivity contribution in [3.8, 4) is 0 Å². The summed E-state index contributed by atoms with van der Waals surface area (Å²) in [4.78, 5) is 22.9. The van der Waals surface area contributed by atoms with Crippen molar-refractivity contribution in [1.82, 2.24) is 14.9 Å². The van der Waals surface area contributed by atoms with Gasteiger partial charge in [0.15, 0.2) is 0 Å². The SMILES string of the molecule is CC(C)[C@H]1CN(C(=O)c2cnc(C3CC3)nc2)C[C@@H]1N. The first kappa shape index (κ1) is 13.5. The highest BCUT2D eigenvalue weighted by Crippen LogP contribution is 2.37. The summed E-state index contributed by atoms with van der Waals surface area (Å²) < 4.78 is 0. The maximum Gasteiger partial charge on any atom is 0.257 e. The predicted octanol–water partition coefficient (Wildman–Crippen LogP) is 1.41. The van der Waals surface area contributed by atoms with Crippen molar-refractivity contribution in [2.24, 2.45) is 17.6 Å². The van der Waals surface area contributed by atoms with E-state index in [4.69, 9.17) is 5.73 Å². The van der Waals surface area contributed by atoms with Gasteiger partial charge in [-0.3, -0.25) is 4.79 Å². The zero-order valence-electron chi connectivity index (χ0n) is 12.1. The molecular formula is C15H22N4O. The highest BCUT2D eigenvalue weighted by atomic mass is 16.2. The average Bonchev–Trinajstić information content (AvgIpc) is 3.20. The largest absolute Gasteiger partial charge is 0.337 e. The van der Waals surface area contributed by atoms with Gasteiger partial charge in [0.05, 0.1) is 5.56 Å². The van der Waals surface area contributed by atoms with E-state index in [0.29, 0.717) is 29.9 Å². The van der Waals surface area contributed by atoms with Crippen LogP contribution in [0.2, 0.25) is 0 Å². The topological polar surface area (TPSA) is 72.1 Å². The van der Waals surface area contributed by atoms with Crippen LogP contribution in [0.4, 0.5) is 0 Å². The molecule has 0 radical (unpaired) electrons. The van der Waals surface area contributed by atoms with E-state index in [9.17, 15) is 4.79 Å². The summed E-state index contributed by atoms with van der Waals surface area (Å²) in [5, 5.41) is 0. The standard InChI is InChI=1S/C15H22N4O/c1-9(2)12-7-19(8-13(12)16)15(20)11-5-17-14(18-6-11)10-3-4-10/h5-6,9-10,12-13H,3-4,7-8,16H2,1-2H3/t12-,13+/m1/s1. The van der Waals surface area contributed by atoms with Crippen LogP contribution in [0, 0.1) is 11.8 Å². The number of hydrogen-bond acceptors (Lipinski definition) is 4. The third-order valence-electron chi connectivity index (χ3n) is 4.42. The molecule has 1 aliphatic carbocycles. The quantitative estimate of drug-likeness (QED) is 0.904. The van der Waals surface area contributed by atoms with Gasteiger partial charge in [-0.1, -0.05) is 13.8 Å². The van der Waals surface area contributed by atoms with Crippen LogP contribution < -0.4 is 5.73 Å². The molecule has 1 aromatic heterocycles. The minimum Gasteiger partial charge on any atom is -0.337 e.